The molecule has 0 aliphatic carbocycles. The van der Waals surface area contributed by atoms with Crippen LogP contribution in [0.3, 0.4) is 0 Å². The number of hydrogen-bond donors (Lipinski definition) is 0. The van der Waals surface area contributed by atoms with Crippen LogP contribution in [0.2, 0.25) is 0 Å². The van der Waals surface area contributed by atoms with Gasteiger partial charge in [0.05, 0.1) is 13.2 Å². The van der Waals surface area contributed by atoms with Crippen LogP contribution in [0.1, 0.15) is 44.2 Å². The quantitative estimate of drug-likeness (QED) is 0.732. The Balaban J connectivity index is 2.17. The van der Waals surface area contributed by atoms with Gasteiger partial charge in [0.15, 0.2) is 0 Å². The lowest BCUT2D eigenvalue weighted by atomic mass is 9.80. The molecule has 1 fully saturated rings. The minimum atomic E-state index is 0.272. The Morgan fingerprint density at radius 3 is 2.27 bits per heavy atom. The van der Waals surface area contributed by atoms with Crippen molar-refractivity contribution >= 4 is 0 Å². The van der Waals surface area contributed by atoms with Gasteiger partial charge >= 0.3 is 0 Å². The first-order valence-corrected chi connectivity index (χ1v) is 5.84. The predicted octanol–water partition coefficient (Wildman–Crippen LogP) is 3.49. The van der Waals surface area contributed by atoms with E-state index in [1.165, 1.54) is 17.5 Å². The molecule has 0 N–H and O–H groups in total. The molecule has 1 aromatic rings. The van der Waals surface area contributed by atoms with Gasteiger partial charge in [-0.25, -0.2) is 0 Å². The average molecular weight is 204 g/mol. The molecule has 0 bridgehead atoms. The summed E-state index contributed by atoms with van der Waals surface area (Å²) >= 11 is 0. The van der Waals surface area contributed by atoms with E-state index in [-0.39, 0.29) is 5.41 Å². The van der Waals surface area contributed by atoms with Crippen LogP contribution < -0.4 is 0 Å². The molecule has 2 rings (SSSR count). The number of hydrogen-bond acceptors (Lipinski definition) is 1. The van der Waals surface area contributed by atoms with Crippen LogP contribution in [0.15, 0.2) is 24.3 Å². The molecule has 1 atom stereocenters. The summed E-state index contributed by atoms with van der Waals surface area (Å²) in [6.07, 6.45) is 1.21. The number of ether oxygens (including phenoxy) is 1. The highest BCUT2D eigenvalue weighted by molar-refractivity contribution is 5.31. The Hall–Kier alpha value is -0.820. The Kier molecular flexibility index (Phi) is 2.83. The highest BCUT2D eigenvalue weighted by Gasteiger charge is 2.34. The molecule has 1 aliphatic heterocycles. The Bertz CT molecular complexity index is 322. The SMILES string of the molecule is CCC(C)c1ccc(C2(C)COC2)cc1. The molecule has 0 amide bonds. The summed E-state index contributed by atoms with van der Waals surface area (Å²) in [6.45, 7) is 8.53. The van der Waals surface area contributed by atoms with Crippen LogP contribution in [0.25, 0.3) is 0 Å². The van der Waals surface area contributed by atoms with Crippen molar-refractivity contribution in [2.24, 2.45) is 0 Å². The second-order valence-corrected chi connectivity index (χ2v) is 4.98. The molecule has 1 heterocycles. The zero-order chi connectivity index (χ0) is 10.9. The molecule has 1 nitrogen and oxygen atoms in total. The highest BCUT2D eigenvalue weighted by atomic mass is 16.5. The van der Waals surface area contributed by atoms with Crippen LogP contribution in [0.4, 0.5) is 0 Å². The predicted molar refractivity (Wildman–Crippen MR) is 63.3 cm³/mol. The molecule has 15 heavy (non-hydrogen) atoms. The molecular weight excluding hydrogens is 184 g/mol. The molecule has 1 aromatic carbocycles. The van der Waals surface area contributed by atoms with Crippen molar-refractivity contribution in [1.29, 1.82) is 0 Å². The monoisotopic (exact) mass is 204 g/mol. The molecular formula is C14H20O. The summed E-state index contributed by atoms with van der Waals surface area (Å²) < 4.78 is 5.29. The first-order chi connectivity index (χ1) is 7.15. The standard InChI is InChI=1S/C14H20O/c1-4-11(2)12-5-7-13(8-6-12)14(3)9-15-10-14/h5-8,11H,4,9-10H2,1-3H3. The summed E-state index contributed by atoms with van der Waals surface area (Å²) in [6, 6.07) is 9.08. The topological polar surface area (TPSA) is 9.23 Å². The van der Waals surface area contributed by atoms with Gasteiger partial charge in [0.1, 0.15) is 0 Å². The zero-order valence-corrected chi connectivity index (χ0v) is 9.92. The van der Waals surface area contributed by atoms with Gasteiger partial charge in [0, 0.05) is 5.41 Å². The molecule has 82 valence electrons. The lowest BCUT2D eigenvalue weighted by Crippen LogP contribution is -2.43. The van der Waals surface area contributed by atoms with Gasteiger partial charge in [-0.1, -0.05) is 45.0 Å². The summed E-state index contributed by atoms with van der Waals surface area (Å²) in [5.41, 5.74) is 3.14. The van der Waals surface area contributed by atoms with Crippen molar-refractivity contribution in [3.63, 3.8) is 0 Å². The van der Waals surface area contributed by atoms with Gasteiger partial charge in [0.25, 0.3) is 0 Å². The third-order valence-electron chi connectivity index (χ3n) is 3.63. The Morgan fingerprint density at radius 2 is 1.87 bits per heavy atom. The van der Waals surface area contributed by atoms with Gasteiger partial charge in [-0.3, -0.25) is 0 Å². The van der Waals surface area contributed by atoms with E-state index in [1.54, 1.807) is 0 Å². The van der Waals surface area contributed by atoms with E-state index in [2.05, 4.69) is 45.0 Å². The highest BCUT2D eigenvalue weighted by Crippen LogP contribution is 2.32. The van der Waals surface area contributed by atoms with Crippen molar-refractivity contribution in [2.45, 2.75) is 38.5 Å². The average Bonchev–Trinajstić information content (AvgIpc) is 2.25. The van der Waals surface area contributed by atoms with Crippen LogP contribution in [0, 0.1) is 0 Å². The van der Waals surface area contributed by atoms with Crippen molar-refractivity contribution in [3.8, 4) is 0 Å². The number of rotatable bonds is 3. The Morgan fingerprint density at radius 1 is 1.27 bits per heavy atom. The van der Waals surface area contributed by atoms with E-state index in [0.29, 0.717) is 5.92 Å². The minimum Gasteiger partial charge on any atom is -0.379 e. The van der Waals surface area contributed by atoms with E-state index >= 15 is 0 Å². The summed E-state index contributed by atoms with van der Waals surface area (Å²) in [5, 5.41) is 0. The maximum Gasteiger partial charge on any atom is 0.0582 e. The van der Waals surface area contributed by atoms with Gasteiger partial charge in [0.2, 0.25) is 0 Å². The van der Waals surface area contributed by atoms with Crippen LogP contribution in [-0.2, 0) is 10.2 Å². The largest absolute Gasteiger partial charge is 0.379 e. The normalized spacial score (nSPS) is 20.7. The Labute approximate surface area is 92.5 Å². The third-order valence-corrected chi connectivity index (χ3v) is 3.63. The van der Waals surface area contributed by atoms with Crippen molar-refractivity contribution in [1.82, 2.24) is 0 Å². The fourth-order valence-electron chi connectivity index (χ4n) is 2.02. The van der Waals surface area contributed by atoms with Gasteiger partial charge in [-0.2, -0.15) is 0 Å². The fourth-order valence-corrected chi connectivity index (χ4v) is 2.02. The van der Waals surface area contributed by atoms with Crippen LogP contribution in [0.5, 0.6) is 0 Å². The van der Waals surface area contributed by atoms with Gasteiger partial charge in [-0.15, -0.1) is 0 Å². The maximum atomic E-state index is 5.29. The molecule has 1 aliphatic rings. The van der Waals surface area contributed by atoms with E-state index in [0.717, 1.165) is 13.2 Å². The number of benzene rings is 1. The molecule has 0 saturated carbocycles. The molecule has 0 aromatic heterocycles. The van der Waals surface area contributed by atoms with Crippen molar-refractivity contribution in [3.05, 3.63) is 35.4 Å². The smallest absolute Gasteiger partial charge is 0.0582 e. The van der Waals surface area contributed by atoms with Crippen LogP contribution >= 0.6 is 0 Å². The molecule has 1 unspecified atom stereocenters. The molecule has 1 saturated heterocycles. The third kappa shape index (κ3) is 1.93. The summed E-state index contributed by atoms with van der Waals surface area (Å²) in [4.78, 5) is 0. The van der Waals surface area contributed by atoms with E-state index in [4.69, 9.17) is 4.74 Å². The molecule has 0 radical (unpaired) electrons. The minimum absolute atomic E-state index is 0.272. The second kappa shape index (κ2) is 3.97. The fraction of sp³-hybridized carbons (Fsp3) is 0.571. The molecule has 1 heteroatoms. The summed E-state index contributed by atoms with van der Waals surface area (Å²) in [7, 11) is 0. The lowest BCUT2D eigenvalue weighted by Gasteiger charge is -2.38. The van der Waals surface area contributed by atoms with Crippen LogP contribution in [-0.4, -0.2) is 13.2 Å². The zero-order valence-electron chi connectivity index (χ0n) is 9.92. The maximum absolute atomic E-state index is 5.29. The summed E-state index contributed by atoms with van der Waals surface area (Å²) in [5.74, 6) is 0.671. The van der Waals surface area contributed by atoms with Crippen molar-refractivity contribution < 1.29 is 4.74 Å². The van der Waals surface area contributed by atoms with E-state index < -0.39 is 0 Å². The van der Waals surface area contributed by atoms with Gasteiger partial charge in [-0.05, 0) is 23.5 Å². The first-order valence-electron chi connectivity index (χ1n) is 5.84. The van der Waals surface area contributed by atoms with E-state index in [1.807, 2.05) is 0 Å². The molecule has 0 spiro atoms. The lowest BCUT2D eigenvalue weighted by molar-refractivity contribution is -0.0500. The second-order valence-electron chi connectivity index (χ2n) is 4.98. The van der Waals surface area contributed by atoms with Gasteiger partial charge < -0.3 is 4.74 Å². The van der Waals surface area contributed by atoms with Crippen molar-refractivity contribution in [2.75, 3.05) is 13.2 Å². The van der Waals surface area contributed by atoms with E-state index in [9.17, 15) is 0 Å². The first kappa shape index (κ1) is 10.7.